The minimum absolute atomic E-state index is 0.282. The van der Waals surface area contributed by atoms with E-state index < -0.39 is 5.97 Å². The summed E-state index contributed by atoms with van der Waals surface area (Å²) in [6.45, 7) is 2.56. The number of hydrogen-bond donors (Lipinski definition) is 1. The summed E-state index contributed by atoms with van der Waals surface area (Å²) in [5, 5.41) is 13.8. The third-order valence-corrected chi connectivity index (χ3v) is 3.30. The molecule has 3 aromatic rings. The Hall–Kier alpha value is -2.63. The normalized spacial score (nSPS) is 11.1. The molecule has 0 saturated carbocycles. The summed E-state index contributed by atoms with van der Waals surface area (Å²) in [6, 6.07) is 6.94. The van der Waals surface area contributed by atoms with E-state index in [0.29, 0.717) is 18.3 Å². The lowest BCUT2D eigenvalue weighted by Crippen LogP contribution is -2.01. The van der Waals surface area contributed by atoms with Crippen LogP contribution in [0.25, 0.3) is 10.9 Å². The summed E-state index contributed by atoms with van der Waals surface area (Å²) >= 11 is 0. The van der Waals surface area contributed by atoms with Crippen molar-refractivity contribution in [1.29, 1.82) is 0 Å². The molecule has 0 aliphatic rings. The van der Waals surface area contributed by atoms with Crippen LogP contribution in [-0.4, -0.2) is 25.8 Å². The minimum atomic E-state index is -0.924. The van der Waals surface area contributed by atoms with Gasteiger partial charge < -0.3 is 14.2 Å². The smallest absolute Gasteiger partial charge is 0.335 e. The van der Waals surface area contributed by atoms with Gasteiger partial charge in [0.15, 0.2) is 5.82 Å². The molecule has 0 fully saturated rings. The molecule has 2 aromatic heterocycles. The number of fused-ring (bicyclic) bond motifs is 1. The number of hydrogen-bond acceptors (Lipinski definition) is 4. The molecule has 1 aromatic carbocycles. The summed E-state index contributed by atoms with van der Waals surface area (Å²) in [7, 11) is 0. The Morgan fingerprint density at radius 1 is 1.38 bits per heavy atom. The van der Waals surface area contributed by atoms with Gasteiger partial charge in [-0.1, -0.05) is 12.1 Å². The van der Waals surface area contributed by atoms with Crippen LogP contribution >= 0.6 is 0 Å². The van der Waals surface area contributed by atoms with Crippen molar-refractivity contribution in [3.05, 3.63) is 47.7 Å². The first kappa shape index (κ1) is 13.4. The Morgan fingerprint density at radius 2 is 2.24 bits per heavy atom. The topological polar surface area (TPSA) is 81.2 Å². The van der Waals surface area contributed by atoms with Gasteiger partial charge in [0.1, 0.15) is 0 Å². The van der Waals surface area contributed by atoms with Crippen LogP contribution in [0.3, 0.4) is 0 Å². The van der Waals surface area contributed by atoms with Crippen LogP contribution in [0.2, 0.25) is 0 Å². The first-order chi connectivity index (χ1) is 10.2. The zero-order valence-corrected chi connectivity index (χ0v) is 11.6. The van der Waals surface area contributed by atoms with Crippen molar-refractivity contribution >= 4 is 16.9 Å². The van der Waals surface area contributed by atoms with Crippen molar-refractivity contribution in [1.82, 2.24) is 14.7 Å². The highest BCUT2D eigenvalue weighted by Crippen LogP contribution is 2.18. The van der Waals surface area contributed by atoms with E-state index in [1.165, 1.54) is 0 Å². The molecule has 108 valence electrons. The van der Waals surface area contributed by atoms with E-state index in [4.69, 9.17) is 9.63 Å². The molecule has 6 nitrogen and oxygen atoms in total. The number of rotatable bonds is 5. The molecule has 0 radical (unpaired) electrons. The molecule has 21 heavy (non-hydrogen) atoms. The SMILES string of the molecule is CCCc1nc(Cn2ccc3cc(C(=O)O)ccc32)no1. The van der Waals surface area contributed by atoms with E-state index in [2.05, 4.69) is 17.1 Å². The molecule has 6 heteroatoms. The number of aryl methyl sites for hydroxylation is 1. The maximum absolute atomic E-state index is 11.0. The Balaban J connectivity index is 1.88. The van der Waals surface area contributed by atoms with E-state index in [0.717, 1.165) is 23.7 Å². The van der Waals surface area contributed by atoms with Crippen LogP contribution in [0.4, 0.5) is 0 Å². The molecule has 0 aliphatic heterocycles. The van der Waals surface area contributed by atoms with Crippen molar-refractivity contribution in [2.45, 2.75) is 26.3 Å². The predicted molar refractivity (Wildman–Crippen MR) is 76.3 cm³/mol. The van der Waals surface area contributed by atoms with Crippen molar-refractivity contribution in [3.8, 4) is 0 Å². The molecule has 0 saturated heterocycles. The van der Waals surface area contributed by atoms with Gasteiger partial charge in [0.2, 0.25) is 5.89 Å². The molecule has 0 aliphatic carbocycles. The summed E-state index contributed by atoms with van der Waals surface area (Å²) in [4.78, 5) is 15.3. The predicted octanol–water partition coefficient (Wildman–Crippen LogP) is 2.72. The maximum atomic E-state index is 11.0. The Labute approximate surface area is 121 Å². The Morgan fingerprint density at radius 3 is 3.00 bits per heavy atom. The van der Waals surface area contributed by atoms with Crippen molar-refractivity contribution in [2.75, 3.05) is 0 Å². The minimum Gasteiger partial charge on any atom is -0.478 e. The maximum Gasteiger partial charge on any atom is 0.335 e. The molecule has 0 atom stereocenters. The lowest BCUT2D eigenvalue weighted by Gasteiger charge is -2.02. The summed E-state index contributed by atoms with van der Waals surface area (Å²) in [5.41, 5.74) is 1.23. The van der Waals surface area contributed by atoms with E-state index in [9.17, 15) is 4.79 Å². The molecule has 0 unspecified atom stereocenters. The van der Waals surface area contributed by atoms with Crippen LogP contribution < -0.4 is 0 Å². The highest BCUT2D eigenvalue weighted by molar-refractivity contribution is 5.93. The summed E-state index contributed by atoms with van der Waals surface area (Å²) < 4.78 is 7.14. The van der Waals surface area contributed by atoms with Crippen LogP contribution in [0, 0.1) is 0 Å². The lowest BCUT2D eigenvalue weighted by atomic mass is 10.1. The molecule has 1 N–H and O–H groups in total. The third-order valence-electron chi connectivity index (χ3n) is 3.30. The summed E-state index contributed by atoms with van der Waals surface area (Å²) in [5.74, 6) is 0.349. The lowest BCUT2D eigenvalue weighted by molar-refractivity contribution is 0.0697. The highest BCUT2D eigenvalue weighted by atomic mass is 16.5. The van der Waals surface area contributed by atoms with Crippen LogP contribution in [0.1, 0.15) is 35.4 Å². The van der Waals surface area contributed by atoms with Crippen molar-refractivity contribution < 1.29 is 14.4 Å². The van der Waals surface area contributed by atoms with Gasteiger partial charge in [-0.05, 0) is 30.7 Å². The van der Waals surface area contributed by atoms with E-state index in [1.54, 1.807) is 18.2 Å². The van der Waals surface area contributed by atoms with Gasteiger partial charge in [-0.3, -0.25) is 0 Å². The van der Waals surface area contributed by atoms with Gasteiger partial charge in [0.25, 0.3) is 0 Å². The quantitative estimate of drug-likeness (QED) is 0.779. The third kappa shape index (κ3) is 2.65. The zero-order chi connectivity index (χ0) is 14.8. The van der Waals surface area contributed by atoms with Crippen molar-refractivity contribution in [3.63, 3.8) is 0 Å². The van der Waals surface area contributed by atoms with Crippen molar-refractivity contribution in [2.24, 2.45) is 0 Å². The molecule has 0 amide bonds. The zero-order valence-electron chi connectivity index (χ0n) is 11.6. The Kier molecular flexibility index (Phi) is 3.43. The average Bonchev–Trinajstić information content (AvgIpc) is 3.07. The Bertz CT molecular complexity index is 788. The van der Waals surface area contributed by atoms with Gasteiger partial charge in [-0.2, -0.15) is 4.98 Å². The second-order valence-corrected chi connectivity index (χ2v) is 4.88. The standard InChI is InChI=1S/C15H15N3O3/c1-2-3-14-16-13(17-21-14)9-18-7-6-10-8-11(15(19)20)4-5-12(10)18/h4-8H,2-3,9H2,1H3,(H,19,20). The molecule has 0 bridgehead atoms. The first-order valence-electron chi connectivity index (χ1n) is 6.81. The van der Waals surface area contributed by atoms with Gasteiger partial charge in [-0.15, -0.1) is 0 Å². The van der Waals surface area contributed by atoms with E-state index >= 15 is 0 Å². The fraction of sp³-hybridized carbons (Fsp3) is 0.267. The highest BCUT2D eigenvalue weighted by Gasteiger charge is 2.10. The monoisotopic (exact) mass is 285 g/mol. The second kappa shape index (κ2) is 5.40. The number of nitrogens with zero attached hydrogens (tertiary/aromatic N) is 3. The van der Waals surface area contributed by atoms with Gasteiger partial charge in [0.05, 0.1) is 12.1 Å². The number of carboxylic acid groups (broad SMARTS) is 1. The average molecular weight is 285 g/mol. The largest absolute Gasteiger partial charge is 0.478 e. The van der Waals surface area contributed by atoms with Gasteiger partial charge >= 0.3 is 5.97 Å². The fourth-order valence-corrected chi connectivity index (χ4v) is 2.29. The number of aromatic nitrogens is 3. The van der Waals surface area contributed by atoms with Crippen LogP contribution in [0.15, 0.2) is 35.0 Å². The molecular weight excluding hydrogens is 270 g/mol. The molecular formula is C15H15N3O3. The number of aromatic carboxylic acids is 1. The number of carbonyl (C=O) groups is 1. The van der Waals surface area contributed by atoms with Gasteiger partial charge in [0, 0.05) is 23.5 Å². The second-order valence-electron chi connectivity index (χ2n) is 4.88. The first-order valence-corrected chi connectivity index (χ1v) is 6.81. The number of benzene rings is 1. The van der Waals surface area contributed by atoms with Gasteiger partial charge in [-0.25, -0.2) is 4.79 Å². The van der Waals surface area contributed by atoms with E-state index in [1.807, 2.05) is 16.8 Å². The molecule has 2 heterocycles. The van der Waals surface area contributed by atoms with E-state index in [-0.39, 0.29) is 5.56 Å². The number of carboxylic acids is 1. The fourth-order valence-electron chi connectivity index (χ4n) is 2.29. The summed E-state index contributed by atoms with van der Waals surface area (Å²) in [6.07, 6.45) is 3.64. The molecule has 0 spiro atoms. The molecule has 3 rings (SSSR count). The van der Waals surface area contributed by atoms with Crippen LogP contribution in [-0.2, 0) is 13.0 Å². The van der Waals surface area contributed by atoms with Crippen LogP contribution in [0.5, 0.6) is 0 Å².